The lowest BCUT2D eigenvalue weighted by atomic mass is 10.1. The monoisotopic (exact) mass is 302 g/mol. The third-order valence-electron chi connectivity index (χ3n) is 2.86. The summed E-state index contributed by atoms with van der Waals surface area (Å²) in [5.74, 6) is -0.664. The van der Waals surface area contributed by atoms with Crippen molar-refractivity contribution in [2.45, 2.75) is 13.5 Å². The maximum atomic E-state index is 13.1. The van der Waals surface area contributed by atoms with Crippen LogP contribution < -0.4 is 4.74 Å². The number of rotatable bonds is 6. The first-order valence-electron chi connectivity index (χ1n) is 6.68. The van der Waals surface area contributed by atoms with Gasteiger partial charge in [-0.05, 0) is 29.8 Å². The summed E-state index contributed by atoms with van der Waals surface area (Å²) in [4.78, 5) is 22.5. The van der Waals surface area contributed by atoms with E-state index in [4.69, 9.17) is 4.74 Å². The molecule has 0 spiro atoms. The molecule has 114 valence electrons. The molecule has 0 radical (unpaired) electrons. The van der Waals surface area contributed by atoms with E-state index in [0.29, 0.717) is 16.9 Å². The van der Waals surface area contributed by atoms with Crippen molar-refractivity contribution >= 4 is 11.8 Å². The zero-order chi connectivity index (χ0) is 15.9. The molecule has 0 bridgehead atoms. The summed E-state index contributed by atoms with van der Waals surface area (Å²) < 4.78 is 23.3. The second kappa shape index (κ2) is 7.36. The van der Waals surface area contributed by atoms with Crippen LogP contribution in [0.5, 0.6) is 5.75 Å². The highest BCUT2D eigenvalue weighted by molar-refractivity contribution is 5.98. The van der Waals surface area contributed by atoms with Gasteiger partial charge in [0.05, 0.1) is 0 Å². The molecule has 0 saturated carbocycles. The lowest BCUT2D eigenvalue weighted by molar-refractivity contribution is -0.139. The third kappa shape index (κ3) is 4.70. The van der Waals surface area contributed by atoms with Crippen LogP contribution in [-0.4, -0.2) is 18.4 Å². The summed E-state index contributed by atoms with van der Waals surface area (Å²) in [7, 11) is 0. The fraction of sp³-hybridized carbons (Fsp3) is 0.176. The van der Waals surface area contributed by atoms with Crippen molar-refractivity contribution in [1.29, 1.82) is 0 Å². The van der Waals surface area contributed by atoms with E-state index in [2.05, 4.69) is 4.74 Å². The summed E-state index contributed by atoms with van der Waals surface area (Å²) in [5.41, 5.74) is 1.08. The van der Waals surface area contributed by atoms with Gasteiger partial charge in [-0.1, -0.05) is 24.3 Å². The van der Waals surface area contributed by atoms with Gasteiger partial charge in [0.1, 0.15) is 18.2 Å². The Kier molecular flexibility index (Phi) is 5.25. The molecule has 0 unspecified atom stereocenters. The largest absolute Gasteiger partial charge is 0.489 e. The van der Waals surface area contributed by atoms with Crippen LogP contribution in [0.4, 0.5) is 4.39 Å². The van der Waals surface area contributed by atoms with Gasteiger partial charge < -0.3 is 9.47 Å². The molecule has 0 amide bonds. The second-order valence-electron chi connectivity index (χ2n) is 4.65. The molecular formula is C17H15FO4. The van der Waals surface area contributed by atoms with Crippen molar-refractivity contribution < 1.29 is 23.5 Å². The van der Waals surface area contributed by atoms with Crippen LogP contribution in [0, 0.1) is 5.82 Å². The molecule has 0 aliphatic carbocycles. The van der Waals surface area contributed by atoms with Crippen LogP contribution in [0.3, 0.4) is 0 Å². The Morgan fingerprint density at radius 2 is 1.86 bits per heavy atom. The lowest BCUT2D eigenvalue weighted by Gasteiger charge is -2.08. The second-order valence-corrected chi connectivity index (χ2v) is 4.65. The van der Waals surface area contributed by atoms with Crippen LogP contribution in [0.15, 0.2) is 48.5 Å². The standard InChI is InChI=1S/C17H15FO4/c1-12(19)21-11-17(20)14-5-3-7-16(9-14)22-10-13-4-2-6-15(18)8-13/h2-9H,10-11H2,1H3. The van der Waals surface area contributed by atoms with Gasteiger partial charge in [-0.25, -0.2) is 4.39 Å². The number of hydrogen-bond acceptors (Lipinski definition) is 4. The summed E-state index contributed by atoms with van der Waals surface area (Å²) in [5, 5.41) is 0. The highest BCUT2D eigenvalue weighted by atomic mass is 19.1. The molecule has 2 aromatic rings. The van der Waals surface area contributed by atoms with Crippen molar-refractivity contribution in [2.24, 2.45) is 0 Å². The Morgan fingerprint density at radius 1 is 1.09 bits per heavy atom. The van der Waals surface area contributed by atoms with Gasteiger partial charge in [-0.15, -0.1) is 0 Å². The van der Waals surface area contributed by atoms with Crippen LogP contribution in [0.25, 0.3) is 0 Å². The van der Waals surface area contributed by atoms with Crippen LogP contribution >= 0.6 is 0 Å². The molecule has 0 fully saturated rings. The number of carbonyl (C=O) groups excluding carboxylic acids is 2. The van der Waals surface area contributed by atoms with E-state index in [1.54, 1.807) is 36.4 Å². The van der Waals surface area contributed by atoms with Crippen LogP contribution in [0.2, 0.25) is 0 Å². The Morgan fingerprint density at radius 3 is 2.59 bits per heavy atom. The molecule has 5 heteroatoms. The molecule has 2 rings (SSSR count). The predicted molar refractivity (Wildman–Crippen MR) is 78.1 cm³/mol. The van der Waals surface area contributed by atoms with E-state index in [-0.39, 0.29) is 24.8 Å². The molecule has 0 aromatic heterocycles. The van der Waals surface area contributed by atoms with E-state index < -0.39 is 5.97 Å². The van der Waals surface area contributed by atoms with Gasteiger partial charge in [0.25, 0.3) is 0 Å². The minimum atomic E-state index is -0.508. The van der Waals surface area contributed by atoms with E-state index in [1.807, 2.05) is 0 Å². The van der Waals surface area contributed by atoms with E-state index in [0.717, 1.165) is 0 Å². The van der Waals surface area contributed by atoms with Gasteiger partial charge >= 0.3 is 5.97 Å². The van der Waals surface area contributed by atoms with Crippen molar-refractivity contribution in [3.8, 4) is 5.75 Å². The molecule has 0 atom stereocenters. The maximum Gasteiger partial charge on any atom is 0.303 e. The SMILES string of the molecule is CC(=O)OCC(=O)c1cccc(OCc2cccc(F)c2)c1. The van der Waals surface area contributed by atoms with Gasteiger partial charge in [0.2, 0.25) is 0 Å². The number of Topliss-reactive ketones (excluding diaryl/α,β-unsaturated/α-hetero) is 1. The Labute approximate surface area is 127 Å². The van der Waals surface area contributed by atoms with Crippen molar-refractivity contribution in [3.05, 3.63) is 65.5 Å². The van der Waals surface area contributed by atoms with E-state index >= 15 is 0 Å². The number of hydrogen-bond donors (Lipinski definition) is 0. The molecule has 22 heavy (non-hydrogen) atoms. The average Bonchev–Trinajstić information content (AvgIpc) is 2.51. The summed E-state index contributed by atoms with van der Waals surface area (Å²) >= 11 is 0. The molecule has 0 aliphatic rings. The van der Waals surface area contributed by atoms with Gasteiger partial charge in [0, 0.05) is 12.5 Å². The minimum Gasteiger partial charge on any atom is -0.489 e. The van der Waals surface area contributed by atoms with Gasteiger partial charge in [-0.2, -0.15) is 0 Å². The van der Waals surface area contributed by atoms with Gasteiger partial charge in [-0.3, -0.25) is 9.59 Å². The minimum absolute atomic E-state index is 0.194. The van der Waals surface area contributed by atoms with Gasteiger partial charge in [0.15, 0.2) is 12.4 Å². The van der Waals surface area contributed by atoms with E-state index in [1.165, 1.54) is 19.1 Å². The number of ketones is 1. The number of halogens is 1. The molecular weight excluding hydrogens is 287 g/mol. The molecule has 0 N–H and O–H groups in total. The number of carbonyl (C=O) groups is 2. The average molecular weight is 302 g/mol. The quantitative estimate of drug-likeness (QED) is 0.607. The highest BCUT2D eigenvalue weighted by Gasteiger charge is 2.09. The normalized spacial score (nSPS) is 10.1. The molecule has 2 aromatic carbocycles. The fourth-order valence-corrected chi connectivity index (χ4v) is 1.80. The van der Waals surface area contributed by atoms with Crippen molar-refractivity contribution in [1.82, 2.24) is 0 Å². The summed E-state index contributed by atoms with van der Waals surface area (Å²) in [6.45, 7) is 1.13. The van der Waals surface area contributed by atoms with Crippen LogP contribution in [0.1, 0.15) is 22.8 Å². The number of ether oxygens (including phenoxy) is 2. The highest BCUT2D eigenvalue weighted by Crippen LogP contribution is 2.16. The molecule has 0 aliphatic heterocycles. The molecule has 0 heterocycles. The third-order valence-corrected chi connectivity index (χ3v) is 2.86. The Hall–Kier alpha value is -2.69. The predicted octanol–water partition coefficient (Wildman–Crippen LogP) is 3.15. The summed E-state index contributed by atoms with van der Waals surface area (Å²) in [6.07, 6.45) is 0. The first kappa shape index (κ1) is 15.7. The van der Waals surface area contributed by atoms with Crippen molar-refractivity contribution in [2.75, 3.05) is 6.61 Å². The Bertz CT molecular complexity index is 682. The summed E-state index contributed by atoms with van der Waals surface area (Å²) in [6, 6.07) is 12.6. The zero-order valence-corrected chi connectivity index (χ0v) is 12.0. The zero-order valence-electron chi connectivity index (χ0n) is 12.0. The molecule has 4 nitrogen and oxygen atoms in total. The Balaban J connectivity index is 1.99. The smallest absolute Gasteiger partial charge is 0.303 e. The van der Waals surface area contributed by atoms with Crippen molar-refractivity contribution in [3.63, 3.8) is 0 Å². The topological polar surface area (TPSA) is 52.6 Å². The maximum absolute atomic E-state index is 13.1. The molecule has 0 saturated heterocycles. The number of benzene rings is 2. The van der Waals surface area contributed by atoms with Crippen LogP contribution in [-0.2, 0) is 16.1 Å². The first-order chi connectivity index (χ1) is 10.5. The fourth-order valence-electron chi connectivity index (χ4n) is 1.80. The first-order valence-corrected chi connectivity index (χ1v) is 6.68. The van der Waals surface area contributed by atoms with E-state index in [9.17, 15) is 14.0 Å². The number of esters is 1. The lowest BCUT2D eigenvalue weighted by Crippen LogP contribution is -2.11.